The van der Waals surface area contributed by atoms with Gasteiger partial charge in [0, 0.05) is 24.4 Å². The highest BCUT2D eigenvalue weighted by Gasteiger charge is 2.34. The van der Waals surface area contributed by atoms with E-state index < -0.39 is 11.7 Å². The summed E-state index contributed by atoms with van der Waals surface area (Å²) >= 11 is 7.05. The van der Waals surface area contributed by atoms with Crippen molar-refractivity contribution in [2.24, 2.45) is 4.99 Å². The summed E-state index contributed by atoms with van der Waals surface area (Å²) in [7, 11) is 1.81. The van der Waals surface area contributed by atoms with E-state index in [9.17, 15) is 13.2 Å². The van der Waals surface area contributed by atoms with E-state index in [0.29, 0.717) is 5.17 Å². The number of nitrogens with zero attached hydrogens (tertiary/aromatic N) is 2. The van der Waals surface area contributed by atoms with Crippen molar-refractivity contribution < 1.29 is 13.2 Å². The first-order valence-corrected chi connectivity index (χ1v) is 6.53. The van der Waals surface area contributed by atoms with Crippen LogP contribution in [0.3, 0.4) is 0 Å². The third kappa shape index (κ3) is 2.92. The second-order valence-electron chi connectivity index (χ2n) is 3.82. The second kappa shape index (κ2) is 5.01. The Kier molecular flexibility index (Phi) is 3.77. The van der Waals surface area contributed by atoms with E-state index in [0.717, 1.165) is 18.4 Å². The molecule has 0 N–H and O–H groups in total. The number of halogens is 4. The first-order chi connectivity index (χ1) is 8.38. The van der Waals surface area contributed by atoms with Gasteiger partial charge in [0.15, 0.2) is 5.17 Å². The van der Waals surface area contributed by atoms with Crippen molar-refractivity contribution in [1.29, 1.82) is 0 Å². The fourth-order valence-corrected chi connectivity index (χ4v) is 2.73. The average Bonchev–Trinajstić information content (AvgIpc) is 2.66. The van der Waals surface area contributed by atoms with Gasteiger partial charge < -0.3 is 4.90 Å². The molecule has 18 heavy (non-hydrogen) atoms. The van der Waals surface area contributed by atoms with Crippen LogP contribution in [0.4, 0.5) is 18.9 Å². The molecule has 1 aromatic carbocycles. The van der Waals surface area contributed by atoms with E-state index in [1.165, 1.54) is 23.9 Å². The van der Waals surface area contributed by atoms with Gasteiger partial charge in [0.05, 0.1) is 11.3 Å². The maximum atomic E-state index is 12.9. The highest BCUT2D eigenvalue weighted by atomic mass is 35.5. The lowest BCUT2D eigenvalue weighted by Gasteiger charge is -2.13. The van der Waals surface area contributed by atoms with E-state index in [1.54, 1.807) is 0 Å². The lowest BCUT2D eigenvalue weighted by Crippen LogP contribution is -2.18. The van der Waals surface area contributed by atoms with E-state index in [1.807, 2.05) is 11.9 Å². The SMILES string of the molecule is CN1CCSC1=Nc1ccc(Cl)cc1C(F)(F)F. The molecule has 0 unspecified atom stereocenters. The topological polar surface area (TPSA) is 15.6 Å². The molecule has 0 amide bonds. The van der Waals surface area contributed by atoms with Crippen molar-refractivity contribution >= 4 is 34.2 Å². The van der Waals surface area contributed by atoms with Gasteiger partial charge in [-0.05, 0) is 18.2 Å². The molecule has 0 atom stereocenters. The monoisotopic (exact) mass is 294 g/mol. The van der Waals surface area contributed by atoms with Gasteiger partial charge in [-0.25, -0.2) is 4.99 Å². The third-order valence-electron chi connectivity index (χ3n) is 2.46. The van der Waals surface area contributed by atoms with Gasteiger partial charge in [-0.15, -0.1) is 0 Å². The van der Waals surface area contributed by atoms with Crippen LogP contribution in [-0.2, 0) is 6.18 Å². The maximum Gasteiger partial charge on any atom is 0.418 e. The number of benzene rings is 1. The minimum atomic E-state index is -4.45. The van der Waals surface area contributed by atoms with Gasteiger partial charge in [-0.2, -0.15) is 13.2 Å². The summed E-state index contributed by atoms with van der Waals surface area (Å²) in [5.41, 5.74) is -0.897. The van der Waals surface area contributed by atoms with E-state index >= 15 is 0 Å². The molecular formula is C11H10ClF3N2S. The summed E-state index contributed by atoms with van der Waals surface area (Å²) in [4.78, 5) is 5.91. The van der Waals surface area contributed by atoms with Crippen LogP contribution in [0.5, 0.6) is 0 Å². The molecule has 1 saturated heterocycles. The summed E-state index contributed by atoms with van der Waals surface area (Å²) in [6, 6.07) is 3.61. The Bertz CT molecular complexity index is 488. The average molecular weight is 295 g/mol. The van der Waals surface area contributed by atoms with Gasteiger partial charge in [0.25, 0.3) is 0 Å². The van der Waals surface area contributed by atoms with Crippen LogP contribution < -0.4 is 0 Å². The maximum absolute atomic E-state index is 12.9. The molecule has 1 heterocycles. The smallest absolute Gasteiger partial charge is 0.353 e. The normalized spacial score (nSPS) is 18.7. The lowest BCUT2D eigenvalue weighted by molar-refractivity contribution is -0.137. The zero-order valence-corrected chi connectivity index (χ0v) is 11.0. The summed E-state index contributed by atoms with van der Waals surface area (Å²) in [6.07, 6.45) is -4.45. The second-order valence-corrected chi connectivity index (χ2v) is 5.32. The Balaban J connectivity index is 2.45. The van der Waals surface area contributed by atoms with Gasteiger partial charge in [0.2, 0.25) is 0 Å². The molecule has 2 nitrogen and oxygen atoms in total. The largest absolute Gasteiger partial charge is 0.418 e. The van der Waals surface area contributed by atoms with Crippen LogP contribution in [-0.4, -0.2) is 29.4 Å². The van der Waals surface area contributed by atoms with Crippen LogP contribution >= 0.6 is 23.4 Å². The molecule has 98 valence electrons. The highest BCUT2D eigenvalue weighted by Crippen LogP contribution is 2.38. The molecule has 0 spiro atoms. The Morgan fingerprint density at radius 1 is 1.39 bits per heavy atom. The summed E-state index contributed by atoms with van der Waals surface area (Å²) in [5, 5.41) is 0.654. The molecule has 1 fully saturated rings. The molecule has 1 aliphatic heterocycles. The molecule has 7 heteroatoms. The Morgan fingerprint density at radius 2 is 2.11 bits per heavy atom. The molecule has 0 radical (unpaired) electrons. The highest BCUT2D eigenvalue weighted by molar-refractivity contribution is 8.14. The van der Waals surface area contributed by atoms with Crippen molar-refractivity contribution in [3.8, 4) is 0 Å². The minimum absolute atomic E-state index is 0.0544. The first-order valence-electron chi connectivity index (χ1n) is 5.17. The zero-order valence-electron chi connectivity index (χ0n) is 9.46. The molecule has 0 aliphatic carbocycles. The molecule has 1 aromatic rings. The number of hydrogen-bond donors (Lipinski definition) is 0. The van der Waals surface area contributed by atoms with Crippen molar-refractivity contribution in [3.63, 3.8) is 0 Å². The van der Waals surface area contributed by atoms with Crippen LogP contribution in [0.1, 0.15) is 5.56 Å². The Morgan fingerprint density at radius 3 is 2.67 bits per heavy atom. The molecule has 2 rings (SSSR count). The van der Waals surface area contributed by atoms with Gasteiger partial charge >= 0.3 is 6.18 Å². The standard InChI is InChI=1S/C11H10ClF3N2S/c1-17-4-5-18-10(17)16-9-3-2-7(12)6-8(9)11(13,14)15/h2-3,6H,4-5H2,1H3. The summed E-state index contributed by atoms with van der Waals surface area (Å²) in [6.45, 7) is 0.790. The van der Waals surface area contributed by atoms with Gasteiger partial charge in [-0.3, -0.25) is 0 Å². The predicted octanol–water partition coefficient (Wildman–Crippen LogP) is 4.02. The zero-order chi connectivity index (χ0) is 13.3. The van der Waals surface area contributed by atoms with Gasteiger partial charge in [-0.1, -0.05) is 23.4 Å². The number of amidine groups is 1. The van der Waals surface area contributed by atoms with Crippen LogP contribution in [0, 0.1) is 0 Å². The van der Waals surface area contributed by atoms with Gasteiger partial charge in [0.1, 0.15) is 0 Å². The van der Waals surface area contributed by atoms with E-state index in [-0.39, 0.29) is 10.7 Å². The number of aliphatic imine (C=N–C) groups is 1. The third-order valence-corrected chi connectivity index (χ3v) is 3.75. The number of hydrogen-bond acceptors (Lipinski definition) is 2. The molecule has 0 saturated carbocycles. The van der Waals surface area contributed by atoms with Crippen molar-refractivity contribution in [2.75, 3.05) is 19.3 Å². The van der Waals surface area contributed by atoms with Crippen molar-refractivity contribution in [2.45, 2.75) is 6.18 Å². The Hall–Kier alpha value is -0.880. The molecule has 0 bridgehead atoms. The van der Waals surface area contributed by atoms with E-state index in [2.05, 4.69) is 4.99 Å². The van der Waals surface area contributed by atoms with Crippen molar-refractivity contribution in [1.82, 2.24) is 4.90 Å². The van der Waals surface area contributed by atoms with Crippen LogP contribution in [0.15, 0.2) is 23.2 Å². The molecule has 0 aromatic heterocycles. The summed E-state index contributed by atoms with van der Waals surface area (Å²) in [5.74, 6) is 0.838. The molecule has 1 aliphatic rings. The quantitative estimate of drug-likeness (QED) is 0.777. The molecular weight excluding hydrogens is 285 g/mol. The number of rotatable bonds is 1. The number of alkyl halides is 3. The van der Waals surface area contributed by atoms with Crippen LogP contribution in [0.2, 0.25) is 5.02 Å². The fraction of sp³-hybridized carbons (Fsp3) is 0.364. The Labute approximate surface area is 112 Å². The van der Waals surface area contributed by atoms with Crippen LogP contribution in [0.25, 0.3) is 0 Å². The minimum Gasteiger partial charge on any atom is -0.353 e. The summed E-state index contributed by atoms with van der Waals surface area (Å²) < 4.78 is 38.6. The van der Waals surface area contributed by atoms with Crippen molar-refractivity contribution in [3.05, 3.63) is 28.8 Å². The fourth-order valence-electron chi connectivity index (χ4n) is 1.53. The lowest BCUT2D eigenvalue weighted by atomic mass is 10.2. The first kappa shape index (κ1) is 13.5. The predicted molar refractivity (Wildman–Crippen MR) is 68.6 cm³/mol. The van der Waals surface area contributed by atoms with E-state index in [4.69, 9.17) is 11.6 Å². The number of thioether (sulfide) groups is 1.